The first-order valence-corrected chi connectivity index (χ1v) is 6.23. The Hall–Kier alpha value is -2.08. The van der Waals surface area contributed by atoms with Crippen LogP contribution in [-0.2, 0) is 11.3 Å². The number of amides is 1. The molecular formula is C13H14ClFN4O. The number of carbonyl (C=O) groups is 1. The van der Waals surface area contributed by atoms with Gasteiger partial charge < -0.3 is 10.6 Å². The summed E-state index contributed by atoms with van der Waals surface area (Å²) >= 11 is 5.75. The maximum absolute atomic E-state index is 13.9. The van der Waals surface area contributed by atoms with E-state index >= 15 is 0 Å². The molecule has 5 nitrogen and oxygen atoms in total. The topological polar surface area (TPSA) is 64.2 Å². The van der Waals surface area contributed by atoms with E-state index in [2.05, 4.69) is 5.10 Å². The summed E-state index contributed by atoms with van der Waals surface area (Å²) in [5.41, 5.74) is 6.80. The molecule has 0 aliphatic heterocycles. The number of carbonyl (C=O) groups excluding carboxylic acids is 1. The molecule has 2 aromatic rings. The van der Waals surface area contributed by atoms with Gasteiger partial charge in [-0.1, -0.05) is 11.6 Å². The number of benzene rings is 1. The lowest BCUT2D eigenvalue weighted by Crippen LogP contribution is -2.26. The van der Waals surface area contributed by atoms with Gasteiger partial charge in [0.1, 0.15) is 12.4 Å². The van der Waals surface area contributed by atoms with Crippen molar-refractivity contribution in [2.75, 3.05) is 19.8 Å². The van der Waals surface area contributed by atoms with Crippen molar-refractivity contribution in [1.82, 2.24) is 14.7 Å². The van der Waals surface area contributed by atoms with Gasteiger partial charge in [-0.25, -0.2) is 4.39 Å². The minimum Gasteiger partial charge on any atom is -0.398 e. The lowest BCUT2D eigenvalue weighted by atomic mass is 10.1. The van der Waals surface area contributed by atoms with Gasteiger partial charge in [-0.15, -0.1) is 0 Å². The van der Waals surface area contributed by atoms with Crippen LogP contribution in [0.15, 0.2) is 24.5 Å². The predicted octanol–water partition coefficient (Wildman–Crippen LogP) is 2.01. The lowest BCUT2D eigenvalue weighted by molar-refractivity contribution is -0.129. The first kappa shape index (κ1) is 14.3. The van der Waals surface area contributed by atoms with Crippen molar-refractivity contribution in [3.05, 3.63) is 35.4 Å². The number of aromatic nitrogens is 2. The van der Waals surface area contributed by atoms with E-state index in [4.69, 9.17) is 17.3 Å². The van der Waals surface area contributed by atoms with Crippen molar-refractivity contribution >= 4 is 23.2 Å². The van der Waals surface area contributed by atoms with Gasteiger partial charge in [0.15, 0.2) is 0 Å². The number of anilines is 1. The van der Waals surface area contributed by atoms with Crippen LogP contribution in [0.3, 0.4) is 0 Å². The van der Waals surface area contributed by atoms with Gasteiger partial charge in [0, 0.05) is 31.4 Å². The fourth-order valence-corrected chi connectivity index (χ4v) is 1.81. The van der Waals surface area contributed by atoms with E-state index in [0.29, 0.717) is 16.8 Å². The molecule has 0 atom stereocenters. The Bertz CT molecular complexity index is 654. The normalized spacial score (nSPS) is 10.6. The molecule has 2 N–H and O–H groups in total. The zero-order chi connectivity index (χ0) is 14.9. The molecule has 0 bridgehead atoms. The summed E-state index contributed by atoms with van der Waals surface area (Å²) in [4.78, 5) is 13.0. The minimum absolute atomic E-state index is 0.0949. The molecule has 106 valence electrons. The quantitative estimate of drug-likeness (QED) is 0.881. The minimum atomic E-state index is -0.484. The second-order valence-electron chi connectivity index (χ2n) is 4.57. The number of rotatable bonds is 3. The number of hydrogen-bond acceptors (Lipinski definition) is 3. The van der Waals surface area contributed by atoms with Crippen LogP contribution < -0.4 is 5.73 Å². The number of nitrogens with two attached hydrogens (primary N) is 1. The van der Waals surface area contributed by atoms with E-state index in [1.807, 2.05) is 0 Å². The highest BCUT2D eigenvalue weighted by Gasteiger charge is 2.12. The molecule has 0 spiro atoms. The molecule has 0 radical (unpaired) electrons. The molecule has 1 aromatic heterocycles. The van der Waals surface area contributed by atoms with Gasteiger partial charge in [0.25, 0.3) is 0 Å². The smallest absolute Gasteiger partial charge is 0.243 e. The second kappa shape index (κ2) is 5.50. The summed E-state index contributed by atoms with van der Waals surface area (Å²) in [6.45, 7) is 0.0949. The molecule has 20 heavy (non-hydrogen) atoms. The molecule has 0 aliphatic rings. The molecular weight excluding hydrogens is 283 g/mol. The predicted molar refractivity (Wildman–Crippen MR) is 75.7 cm³/mol. The van der Waals surface area contributed by atoms with Crippen LogP contribution in [0.1, 0.15) is 0 Å². The Morgan fingerprint density at radius 1 is 1.50 bits per heavy atom. The highest BCUT2D eigenvalue weighted by Crippen LogP contribution is 2.29. The van der Waals surface area contributed by atoms with Crippen LogP contribution in [0.5, 0.6) is 0 Å². The van der Waals surface area contributed by atoms with Crippen LogP contribution in [0.25, 0.3) is 11.1 Å². The van der Waals surface area contributed by atoms with Crippen LogP contribution in [0.4, 0.5) is 10.1 Å². The maximum Gasteiger partial charge on any atom is 0.243 e. The van der Waals surface area contributed by atoms with Crippen LogP contribution in [-0.4, -0.2) is 34.7 Å². The molecule has 0 saturated heterocycles. The fourth-order valence-electron chi connectivity index (χ4n) is 1.66. The van der Waals surface area contributed by atoms with Crippen molar-refractivity contribution in [1.29, 1.82) is 0 Å². The summed E-state index contributed by atoms with van der Waals surface area (Å²) in [5.74, 6) is -0.585. The Labute approximate surface area is 120 Å². The number of nitrogen functional groups attached to an aromatic ring is 1. The van der Waals surface area contributed by atoms with E-state index in [0.717, 1.165) is 6.07 Å². The van der Waals surface area contributed by atoms with Crippen LogP contribution in [0.2, 0.25) is 5.02 Å². The summed E-state index contributed by atoms with van der Waals surface area (Å²) in [6, 6.07) is 2.61. The monoisotopic (exact) mass is 296 g/mol. The Balaban J connectivity index is 2.29. The number of hydrogen-bond donors (Lipinski definition) is 1. The van der Waals surface area contributed by atoms with Crippen molar-refractivity contribution < 1.29 is 9.18 Å². The third-order valence-electron chi connectivity index (χ3n) is 2.83. The standard InChI is InChI=1S/C13H14ClFN4O/c1-18(2)13(20)7-19-6-8(5-17-19)9-3-12(16)10(14)4-11(9)15/h3-6H,7,16H2,1-2H3. The van der Waals surface area contributed by atoms with Gasteiger partial charge in [-0.05, 0) is 12.1 Å². The highest BCUT2D eigenvalue weighted by atomic mass is 35.5. The van der Waals surface area contributed by atoms with Crippen molar-refractivity contribution in [2.24, 2.45) is 0 Å². The van der Waals surface area contributed by atoms with Gasteiger partial charge in [0.2, 0.25) is 5.91 Å². The van der Waals surface area contributed by atoms with Gasteiger partial charge in [0.05, 0.1) is 16.9 Å². The van der Waals surface area contributed by atoms with Crippen LogP contribution in [0, 0.1) is 5.82 Å². The maximum atomic E-state index is 13.9. The molecule has 1 aromatic carbocycles. The SMILES string of the molecule is CN(C)C(=O)Cn1cc(-c2cc(N)c(Cl)cc2F)cn1. The zero-order valence-corrected chi connectivity index (χ0v) is 11.9. The van der Waals surface area contributed by atoms with E-state index in [-0.39, 0.29) is 17.5 Å². The largest absolute Gasteiger partial charge is 0.398 e. The highest BCUT2D eigenvalue weighted by molar-refractivity contribution is 6.33. The average molecular weight is 297 g/mol. The Morgan fingerprint density at radius 3 is 2.85 bits per heavy atom. The third-order valence-corrected chi connectivity index (χ3v) is 3.15. The van der Waals surface area contributed by atoms with Gasteiger partial charge in [-0.2, -0.15) is 5.10 Å². The van der Waals surface area contributed by atoms with Crippen LogP contribution >= 0.6 is 11.6 Å². The van der Waals surface area contributed by atoms with E-state index in [1.165, 1.54) is 21.8 Å². The molecule has 7 heteroatoms. The van der Waals surface area contributed by atoms with Crippen molar-refractivity contribution in [3.63, 3.8) is 0 Å². The second-order valence-corrected chi connectivity index (χ2v) is 4.98. The van der Waals surface area contributed by atoms with Gasteiger partial charge in [-0.3, -0.25) is 9.48 Å². The first-order valence-electron chi connectivity index (χ1n) is 5.86. The fraction of sp³-hybridized carbons (Fsp3) is 0.231. The molecule has 1 amide bonds. The summed E-state index contributed by atoms with van der Waals surface area (Å²) < 4.78 is 15.3. The van der Waals surface area contributed by atoms with E-state index in [9.17, 15) is 9.18 Å². The Kier molecular flexibility index (Phi) is 3.94. The molecule has 0 unspecified atom stereocenters. The third kappa shape index (κ3) is 2.91. The average Bonchev–Trinajstić information content (AvgIpc) is 2.82. The summed E-state index contributed by atoms with van der Waals surface area (Å²) in [7, 11) is 3.32. The number of nitrogens with zero attached hydrogens (tertiary/aromatic N) is 3. The molecule has 2 rings (SSSR count). The van der Waals surface area contributed by atoms with Crippen molar-refractivity contribution in [2.45, 2.75) is 6.54 Å². The van der Waals surface area contributed by atoms with Gasteiger partial charge >= 0.3 is 0 Å². The molecule has 1 heterocycles. The lowest BCUT2D eigenvalue weighted by Gasteiger charge is -2.09. The van der Waals surface area contributed by atoms with E-state index < -0.39 is 5.82 Å². The summed E-state index contributed by atoms with van der Waals surface area (Å²) in [5, 5.41) is 4.20. The molecule has 0 fully saturated rings. The number of halogens is 2. The van der Waals surface area contributed by atoms with Crippen molar-refractivity contribution in [3.8, 4) is 11.1 Å². The number of likely N-dealkylation sites (N-methyl/N-ethyl adjacent to an activating group) is 1. The first-order chi connectivity index (χ1) is 9.38. The Morgan fingerprint density at radius 2 is 2.20 bits per heavy atom. The molecule has 0 saturated carbocycles. The van der Waals surface area contributed by atoms with E-state index in [1.54, 1.807) is 20.3 Å². The molecule has 0 aliphatic carbocycles. The summed E-state index contributed by atoms with van der Waals surface area (Å²) in [6.07, 6.45) is 3.07. The zero-order valence-electron chi connectivity index (χ0n) is 11.1.